The van der Waals surface area contributed by atoms with Crippen molar-refractivity contribution in [3.63, 3.8) is 0 Å². The van der Waals surface area contributed by atoms with Crippen molar-refractivity contribution in [1.29, 1.82) is 0 Å². The highest BCUT2D eigenvalue weighted by Crippen LogP contribution is 2.25. The summed E-state index contributed by atoms with van der Waals surface area (Å²) >= 11 is 0. The van der Waals surface area contributed by atoms with Crippen LogP contribution in [0.2, 0.25) is 0 Å². The lowest BCUT2D eigenvalue weighted by Gasteiger charge is -2.40. The number of hydrogen-bond acceptors (Lipinski definition) is 4. The van der Waals surface area contributed by atoms with Crippen LogP contribution < -0.4 is 10.5 Å². The van der Waals surface area contributed by atoms with Gasteiger partial charge in [-0.1, -0.05) is 49.4 Å². The van der Waals surface area contributed by atoms with Crippen molar-refractivity contribution in [3.05, 3.63) is 65.7 Å². The number of primary sulfonamides is 1. The van der Waals surface area contributed by atoms with Crippen LogP contribution in [0.1, 0.15) is 37.4 Å². The molecule has 7 nitrogen and oxygen atoms in total. The maximum absolute atomic E-state index is 11.6. The Morgan fingerprint density at radius 2 is 1.77 bits per heavy atom. The molecule has 0 radical (unpaired) electrons. The van der Waals surface area contributed by atoms with E-state index < -0.39 is 10.0 Å². The van der Waals surface area contributed by atoms with Crippen molar-refractivity contribution in [2.24, 2.45) is 10.1 Å². The van der Waals surface area contributed by atoms with Gasteiger partial charge in [0.2, 0.25) is 10.0 Å². The van der Waals surface area contributed by atoms with Crippen LogP contribution in [-0.4, -0.2) is 56.9 Å². The van der Waals surface area contributed by atoms with E-state index in [1.165, 1.54) is 11.6 Å². The minimum Gasteiger partial charge on any atom is -0.357 e. The maximum atomic E-state index is 11.6. The number of rotatable bonds is 7. The lowest BCUT2D eigenvalue weighted by Crippen LogP contribution is -2.53. The summed E-state index contributed by atoms with van der Waals surface area (Å²) in [6.45, 7) is 9.20. The third-order valence-electron chi connectivity index (χ3n) is 5.60. The van der Waals surface area contributed by atoms with Crippen molar-refractivity contribution in [2.45, 2.75) is 37.8 Å². The number of nitrogens with two attached hydrogens (primary N) is 1. The summed E-state index contributed by atoms with van der Waals surface area (Å²) in [7, 11) is -3.71. The van der Waals surface area contributed by atoms with Crippen LogP contribution in [0.3, 0.4) is 0 Å². The number of aliphatic imine (C=N–C) groups is 1. The van der Waals surface area contributed by atoms with Gasteiger partial charge in [0, 0.05) is 38.8 Å². The zero-order valence-corrected chi connectivity index (χ0v) is 19.2. The third-order valence-corrected chi connectivity index (χ3v) is 6.51. The fraction of sp³-hybridized carbons (Fsp3) is 0.435. The standard InChI is InChI=1S/C23H33N5O2S/c1-3-22(20-10-6-5-7-11-20)27-13-15-28(16-14-27)23(25-4-2)26-18-19-9-8-12-21(17-19)31(24,29)30/h5-12,17,22H,3-4,13-16,18H2,1-2H3,(H,25,26)(H2,24,29,30). The van der Waals surface area contributed by atoms with Gasteiger partial charge in [-0.15, -0.1) is 0 Å². The van der Waals surface area contributed by atoms with Gasteiger partial charge in [0.25, 0.3) is 0 Å². The minimum absolute atomic E-state index is 0.116. The number of piperazine rings is 1. The number of sulfonamides is 1. The molecule has 3 N–H and O–H groups in total. The minimum atomic E-state index is -3.71. The van der Waals surface area contributed by atoms with Crippen LogP contribution in [0.4, 0.5) is 0 Å². The Hall–Kier alpha value is -2.42. The molecule has 2 aromatic carbocycles. The molecule has 1 atom stereocenters. The molecule has 1 aliphatic rings. The summed E-state index contributed by atoms with van der Waals surface area (Å²) in [6.07, 6.45) is 1.08. The predicted octanol–water partition coefficient (Wildman–Crippen LogP) is 2.57. The lowest BCUT2D eigenvalue weighted by atomic mass is 10.0. The summed E-state index contributed by atoms with van der Waals surface area (Å²) in [6, 6.07) is 17.8. The van der Waals surface area contributed by atoms with E-state index in [9.17, 15) is 8.42 Å². The monoisotopic (exact) mass is 443 g/mol. The summed E-state index contributed by atoms with van der Waals surface area (Å²) in [4.78, 5) is 9.70. The first-order chi connectivity index (χ1) is 14.9. The second-order valence-corrected chi connectivity index (χ2v) is 9.28. The van der Waals surface area contributed by atoms with E-state index in [4.69, 9.17) is 10.1 Å². The van der Waals surface area contributed by atoms with Gasteiger partial charge in [-0.2, -0.15) is 0 Å². The van der Waals surface area contributed by atoms with Crippen LogP contribution in [0.25, 0.3) is 0 Å². The highest BCUT2D eigenvalue weighted by molar-refractivity contribution is 7.89. The normalized spacial score (nSPS) is 16.9. The molecule has 1 fully saturated rings. The summed E-state index contributed by atoms with van der Waals surface area (Å²) in [5.41, 5.74) is 2.18. The van der Waals surface area contributed by atoms with Crippen molar-refractivity contribution >= 4 is 16.0 Å². The molecular weight excluding hydrogens is 410 g/mol. The molecule has 168 valence electrons. The molecule has 31 heavy (non-hydrogen) atoms. The number of nitrogens with one attached hydrogen (secondary N) is 1. The summed E-state index contributed by atoms with van der Waals surface area (Å²) < 4.78 is 23.2. The van der Waals surface area contributed by atoms with Crippen LogP contribution in [0.5, 0.6) is 0 Å². The smallest absolute Gasteiger partial charge is 0.238 e. The first-order valence-corrected chi connectivity index (χ1v) is 12.4. The molecule has 0 bridgehead atoms. The Kier molecular flexibility index (Phi) is 8.06. The summed E-state index contributed by atoms with van der Waals surface area (Å²) in [5.74, 6) is 0.857. The average molecular weight is 444 g/mol. The van der Waals surface area contributed by atoms with Crippen molar-refractivity contribution in [3.8, 4) is 0 Å². The zero-order chi connectivity index (χ0) is 22.3. The number of guanidine groups is 1. The zero-order valence-electron chi connectivity index (χ0n) is 18.4. The van der Waals surface area contributed by atoms with Gasteiger partial charge in [0.1, 0.15) is 0 Å². The fourth-order valence-corrected chi connectivity index (χ4v) is 4.62. The highest BCUT2D eigenvalue weighted by atomic mass is 32.2. The third kappa shape index (κ3) is 6.29. The predicted molar refractivity (Wildman–Crippen MR) is 125 cm³/mol. The Morgan fingerprint density at radius 1 is 1.06 bits per heavy atom. The molecule has 1 saturated heterocycles. The van der Waals surface area contributed by atoms with E-state index in [-0.39, 0.29) is 4.90 Å². The Balaban J connectivity index is 1.66. The Labute approximate surface area is 186 Å². The number of benzene rings is 2. The average Bonchev–Trinajstić information content (AvgIpc) is 2.78. The van der Waals surface area contributed by atoms with Gasteiger partial charge in [0.15, 0.2) is 5.96 Å². The molecule has 0 aliphatic carbocycles. The molecule has 0 spiro atoms. The molecule has 3 rings (SSSR count). The Bertz CT molecular complexity index is 970. The maximum Gasteiger partial charge on any atom is 0.238 e. The van der Waals surface area contributed by atoms with Crippen LogP contribution in [0.15, 0.2) is 64.5 Å². The molecule has 2 aromatic rings. The highest BCUT2D eigenvalue weighted by Gasteiger charge is 2.25. The Morgan fingerprint density at radius 3 is 2.39 bits per heavy atom. The quantitative estimate of drug-likeness (QED) is 0.507. The van der Waals surface area contributed by atoms with Gasteiger partial charge in [-0.05, 0) is 36.6 Å². The fourth-order valence-electron chi connectivity index (χ4n) is 4.04. The molecular formula is C23H33N5O2S. The summed E-state index contributed by atoms with van der Waals surface area (Å²) in [5, 5.41) is 8.62. The molecule has 1 heterocycles. The van der Waals surface area contributed by atoms with E-state index >= 15 is 0 Å². The van der Waals surface area contributed by atoms with Gasteiger partial charge in [-0.25, -0.2) is 18.5 Å². The van der Waals surface area contributed by atoms with Crippen LogP contribution >= 0.6 is 0 Å². The van der Waals surface area contributed by atoms with Crippen LogP contribution in [-0.2, 0) is 16.6 Å². The number of hydrogen-bond donors (Lipinski definition) is 2. The first-order valence-electron chi connectivity index (χ1n) is 10.9. The van der Waals surface area contributed by atoms with E-state index in [0.29, 0.717) is 12.6 Å². The second kappa shape index (κ2) is 10.7. The SMILES string of the molecule is CCNC(=NCc1cccc(S(N)(=O)=O)c1)N1CCN(C(CC)c2ccccc2)CC1. The van der Waals surface area contributed by atoms with Crippen molar-refractivity contribution in [1.82, 2.24) is 15.1 Å². The van der Waals surface area contributed by atoms with E-state index in [0.717, 1.165) is 50.7 Å². The van der Waals surface area contributed by atoms with Gasteiger partial charge in [0.05, 0.1) is 11.4 Å². The molecule has 0 saturated carbocycles. The first kappa shape index (κ1) is 23.2. The van der Waals surface area contributed by atoms with E-state index in [1.54, 1.807) is 12.1 Å². The van der Waals surface area contributed by atoms with Gasteiger partial charge < -0.3 is 10.2 Å². The molecule has 1 aliphatic heterocycles. The van der Waals surface area contributed by atoms with Gasteiger partial charge in [-0.3, -0.25) is 4.90 Å². The molecule has 1 unspecified atom stereocenters. The van der Waals surface area contributed by atoms with E-state index in [2.05, 4.69) is 59.3 Å². The van der Waals surface area contributed by atoms with Crippen LogP contribution in [0, 0.1) is 0 Å². The molecule has 0 amide bonds. The molecule has 0 aromatic heterocycles. The van der Waals surface area contributed by atoms with E-state index in [1.807, 2.05) is 6.07 Å². The second-order valence-electron chi connectivity index (χ2n) is 7.72. The topological polar surface area (TPSA) is 91.0 Å². The largest absolute Gasteiger partial charge is 0.357 e. The van der Waals surface area contributed by atoms with Crippen molar-refractivity contribution < 1.29 is 8.42 Å². The lowest BCUT2D eigenvalue weighted by molar-refractivity contribution is 0.127. The molecule has 8 heteroatoms. The number of nitrogens with zero attached hydrogens (tertiary/aromatic N) is 3. The van der Waals surface area contributed by atoms with Crippen molar-refractivity contribution in [2.75, 3.05) is 32.7 Å². The van der Waals surface area contributed by atoms with Gasteiger partial charge >= 0.3 is 0 Å².